The number of benzene rings is 2. The second kappa shape index (κ2) is 7.84. The van der Waals surface area contributed by atoms with Crippen molar-refractivity contribution in [1.82, 2.24) is 4.90 Å². The Bertz CT molecular complexity index is 1010. The van der Waals surface area contributed by atoms with Gasteiger partial charge in [-0.3, -0.25) is 19.3 Å². The molecule has 0 atom stereocenters. The first-order valence-corrected chi connectivity index (χ1v) is 8.65. The number of hydrogen-bond donors (Lipinski definition) is 1. The first kappa shape index (κ1) is 20.8. The summed E-state index contributed by atoms with van der Waals surface area (Å²) in [7, 11) is 1.32. The number of nitrogens with one attached hydrogen (secondary N) is 1. The van der Waals surface area contributed by atoms with E-state index in [0.29, 0.717) is 0 Å². The van der Waals surface area contributed by atoms with Gasteiger partial charge in [-0.1, -0.05) is 17.7 Å². The summed E-state index contributed by atoms with van der Waals surface area (Å²) in [5.74, 6) is -1.96. The molecular weight excluding hydrogens is 413 g/mol. The predicted molar refractivity (Wildman–Crippen MR) is 97.6 cm³/mol. The quantitative estimate of drug-likeness (QED) is 0.739. The summed E-state index contributed by atoms with van der Waals surface area (Å²) in [4.78, 5) is 38.1. The molecule has 3 amide bonds. The molecule has 1 heterocycles. The molecule has 6 nitrogen and oxygen atoms in total. The maximum Gasteiger partial charge on any atom is 0.416 e. The van der Waals surface area contributed by atoms with E-state index in [2.05, 4.69) is 5.32 Å². The molecule has 2 aromatic carbocycles. The fourth-order valence-electron chi connectivity index (χ4n) is 2.94. The van der Waals surface area contributed by atoms with Gasteiger partial charge in [-0.15, -0.1) is 0 Å². The Morgan fingerprint density at radius 2 is 1.90 bits per heavy atom. The lowest BCUT2D eigenvalue weighted by Gasteiger charge is -2.17. The van der Waals surface area contributed by atoms with E-state index in [9.17, 15) is 27.6 Å². The Morgan fingerprint density at radius 3 is 2.55 bits per heavy atom. The molecule has 2 aromatic rings. The maximum atomic E-state index is 13.0. The summed E-state index contributed by atoms with van der Waals surface area (Å²) in [5, 5.41) is 2.47. The lowest BCUT2D eigenvalue weighted by atomic mass is 10.1. The smallest absolute Gasteiger partial charge is 0.375 e. The second-order valence-corrected chi connectivity index (χ2v) is 6.62. The molecule has 0 bridgehead atoms. The molecule has 0 unspecified atom stereocenters. The van der Waals surface area contributed by atoms with E-state index in [1.54, 1.807) is 0 Å². The number of ether oxygens (including phenoxy) is 1. The van der Waals surface area contributed by atoms with Crippen molar-refractivity contribution in [2.24, 2.45) is 0 Å². The van der Waals surface area contributed by atoms with Gasteiger partial charge in [0, 0.05) is 12.1 Å². The molecule has 0 aromatic heterocycles. The minimum atomic E-state index is -4.60. The number of carbonyl (C=O) groups excluding carboxylic acids is 3. The Hall–Kier alpha value is -2.91. The highest BCUT2D eigenvalue weighted by Gasteiger charge is 2.38. The first-order chi connectivity index (χ1) is 13.6. The van der Waals surface area contributed by atoms with Crippen LogP contribution in [-0.2, 0) is 22.3 Å². The third kappa shape index (κ3) is 4.10. The summed E-state index contributed by atoms with van der Waals surface area (Å²) in [5.41, 5.74) is -0.860. The molecule has 0 aliphatic carbocycles. The van der Waals surface area contributed by atoms with Gasteiger partial charge in [0.25, 0.3) is 11.8 Å². The molecule has 29 heavy (non-hydrogen) atoms. The number of fused-ring (bicyclic) bond motifs is 1. The lowest BCUT2D eigenvalue weighted by Crippen LogP contribution is -2.29. The van der Waals surface area contributed by atoms with Gasteiger partial charge in [-0.25, -0.2) is 0 Å². The summed E-state index contributed by atoms with van der Waals surface area (Å²) >= 11 is 5.98. The fourth-order valence-corrected chi connectivity index (χ4v) is 3.12. The Labute approximate surface area is 168 Å². The lowest BCUT2D eigenvalue weighted by molar-refractivity contribution is -0.137. The number of methoxy groups -OCH3 is 1. The Morgan fingerprint density at radius 1 is 1.17 bits per heavy atom. The van der Waals surface area contributed by atoms with Gasteiger partial charge in [-0.05, 0) is 35.9 Å². The summed E-state index contributed by atoms with van der Waals surface area (Å²) in [6.07, 6.45) is -4.60. The Kier molecular flexibility index (Phi) is 5.63. The summed E-state index contributed by atoms with van der Waals surface area (Å²) in [6.45, 7) is -0.698. The second-order valence-electron chi connectivity index (χ2n) is 6.21. The summed E-state index contributed by atoms with van der Waals surface area (Å²) < 4.78 is 43.6. The third-order valence-corrected chi connectivity index (χ3v) is 4.62. The van der Waals surface area contributed by atoms with Crippen LogP contribution in [0.3, 0.4) is 0 Å². The Balaban J connectivity index is 1.93. The van der Waals surface area contributed by atoms with Gasteiger partial charge >= 0.3 is 6.18 Å². The van der Waals surface area contributed by atoms with Crippen LogP contribution in [0.5, 0.6) is 0 Å². The average molecular weight is 427 g/mol. The molecule has 0 spiro atoms. The molecule has 10 heteroatoms. The van der Waals surface area contributed by atoms with Crippen molar-refractivity contribution in [1.29, 1.82) is 0 Å². The zero-order valence-corrected chi connectivity index (χ0v) is 15.7. The number of amides is 3. The highest BCUT2D eigenvalue weighted by atomic mass is 35.5. The van der Waals surface area contributed by atoms with Crippen LogP contribution in [0, 0.1) is 0 Å². The van der Waals surface area contributed by atoms with E-state index < -0.39 is 36.0 Å². The topological polar surface area (TPSA) is 75.7 Å². The fraction of sp³-hybridized carbons (Fsp3) is 0.211. The molecule has 0 fully saturated rings. The van der Waals surface area contributed by atoms with Gasteiger partial charge in [0.15, 0.2) is 0 Å². The molecule has 0 saturated carbocycles. The van der Waals surface area contributed by atoms with Gasteiger partial charge < -0.3 is 10.1 Å². The number of halogens is 4. The standard InChI is InChI=1S/C19H14ClF3N2O4/c1-29-9-15(26)24-14-4-2-3-12-16(14)18(28)25(17(12)27)8-10-7-11(19(21,22)23)5-6-13(10)20/h2-7H,8-9H2,1H3,(H,24,26). The number of anilines is 1. The minimum absolute atomic E-state index is 0.0109. The molecule has 0 saturated heterocycles. The van der Waals surface area contributed by atoms with E-state index in [1.165, 1.54) is 25.3 Å². The summed E-state index contributed by atoms with van der Waals surface area (Å²) in [6, 6.07) is 7.00. The van der Waals surface area contributed by atoms with Crippen LogP contribution in [0.1, 0.15) is 31.8 Å². The van der Waals surface area contributed by atoms with Crippen molar-refractivity contribution in [2.75, 3.05) is 19.0 Å². The van der Waals surface area contributed by atoms with Gasteiger partial charge in [0.05, 0.1) is 28.9 Å². The van der Waals surface area contributed by atoms with Crippen molar-refractivity contribution in [3.8, 4) is 0 Å². The van der Waals surface area contributed by atoms with Crippen LogP contribution in [0.15, 0.2) is 36.4 Å². The SMILES string of the molecule is COCC(=O)Nc1cccc2c1C(=O)N(Cc1cc(C(F)(F)F)ccc1Cl)C2=O. The monoisotopic (exact) mass is 426 g/mol. The van der Waals surface area contributed by atoms with Crippen LogP contribution in [0.25, 0.3) is 0 Å². The van der Waals surface area contributed by atoms with Crippen LogP contribution >= 0.6 is 11.6 Å². The zero-order valence-electron chi connectivity index (χ0n) is 15.0. The van der Waals surface area contributed by atoms with Crippen molar-refractivity contribution in [3.05, 3.63) is 63.7 Å². The van der Waals surface area contributed by atoms with E-state index in [4.69, 9.17) is 16.3 Å². The molecule has 1 N–H and O–H groups in total. The van der Waals surface area contributed by atoms with E-state index in [0.717, 1.165) is 23.1 Å². The van der Waals surface area contributed by atoms with Crippen molar-refractivity contribution >= 4 is 35.0 Å². The normalized spacial score (nSPS) is 13.6. The number of rotatable bonds is 5. The molecule has 1 aliphatic rings. The van der Waals surface area contributed by atoms with Gasteiger partial charge in [0.1, 0.15) is 6.61 Å². The molecule has 152 valence electrons. The van der Waals surface area contributed by atoms with Crippen molar-refractivity contribution in [3.63, 3.8) is 0 Å². The number of hydrogen-bond acceptors (Lipinski definition) is 4. The first-order valence-electron chi connectivity index (χ1n) is 8.27. The van der Waals surface area contributed by atoms with Gasteiger partial charge in [0.2, 0.25) is 5.91 Å². The highest BCUT2D eigenvalue weighted by molar-refractivity contribution is 6.31. The molecule has 3 rings (SSSR count). The zero-order chi connectivity index (χ0) is 21.3. The van der Waals surface area contributed by atoms with E-state index in [-0.39, 0.29) is 34.0 Å². The number of carbonyl (C=O) groups is 3. The predicted octanol–water partition coefficient (Wildman–Crippen LogP) is 3.74. The number of nitrogens with zero attached hydrogens (tertiary/aromatic N) is 1. The molecule has 1 aliphatic heterocycles. The van der Waals surface area contributed by atoms with Crippen molar-refractivity contribution in [2.45, 2.75) is 12.7 Å². The van der Waals surface area contributed by atoms with Crippen LogP contribution in [0.2, 0.25) is 5.02 Å². The van der Waals surface area contributed by atoms with Crippen LogP contribution < -0.4 is 5.32 Å². The largest absolute Gasteiger partial charge is 0.416 e. The molecule has 0 radical (unpaired) electrons. The van der Waals surface area contributed by atoms with Crippen molar-refractivity contribution < 1.29 is 32.3 Å². The average Bonchev–Trinajstić information content (AvgIpc) is 2.88. The van der Waals surface area contributed by atoms with Crippen LogP contribution in [0.4, 0.5) is 18.9 Å². The van der Waals surface area contributed by atoms with E-state index >= 15 is 0 Å². The number of imide groups is 1. The van der Waals surface area contributed by atoms with Gasteiger partial charge in [-0.2, -0.15) is 13.2 Å². The minimum Gasteiger partial charge on any atom is -0.375 e. The van der Waals surface area contributed by atoms with E-state index in [1.807, 2.05) is 0 Å². The third-order valence-electron chi connectivity index (χ3n) is 4.25. The van der Waals surface area contributed by atoms with Crippen LogP contribution in [-0.4, -0.2) is 36.3 Å². The maximum absolute atomic E-state index is 13.0. The highest BCUT2D eigenvalue weighted by Crippen LogP contribution is 2.34. The number of alkyl halides is 3. The molecular formula is C19H14ClF3N2O4.